The van der Waals surface area contributed by atoms with Gasteiger partial charge in [0.2, 0.25) is 5.91 Å². The Kier molecular flexibility index (Phi) is 7.88. The minimum atomic E-state index is -5.08. The second kappa shape index (κ2) is 10.5. The van der Waals surface area contributed by atoms with Gasteiger partial charge in [0.05, 0.1) is 29.8 Å². The normalized spacial score (nSPS) is 20.3. The molecule has 2 fully saturated rings. The Morgan fingerprint density at radius 1 is 1.21 bits per heavy atom. The van der Waals surface area contributed by atoms with Crippen molar-refractivity contribution in [2.75, 3.05) is 19.6 Å². The molecule has 2 aliphatic rings. The highest BCUT2D eigenvalue weighted by atomic mass is 19.4. The van der Waals surface area contributed by atoms with Crippen LogP contribution in [-0.2, 0) is 16.1 Å². The molecule has 34 heavy (non-hydrogen) atoms. The average molecular weight is 480 g/mol. The topological polar surface area (TPSA) is 107 Å². The quantitative estimate of drug-likeness (QED) is 0.619. The van der Waals surface area contributed by atoms with Gasteiger partial charge in [0.1, 0.15) is 0 Å². The molecule has 0 bridgehead atoms. The SMILES string of the molecule is CC1(C)CN(Cc2cnc(-c3ccc(C4CCC(=O)N4)cc3)cn2)CCN1.O=C(O)C(F)(F)F. The van der Waals surface area contributed by atoms with Crippen molar-refractivity contribution in [1.29, 1.82) is 0 Å². The first-order valence-corrected chi connectivity index (χ1v) is 10.9. The number of aromatic nitrogens is 2. The lowest BCUT2D eigenvalue weighted by atomic mass is 10.0. The van der Waals surface area contributed by atoms with Crippen molar-refractivity contribution in [3.63, 3.8) is 0 Å². The van der Waals surface area contributed by atoms with Crippen LogP contribution in [0.5, 0.6) is 0 Å². The fraction of sp³-hybridized carbons (Fsp3) is 0.478. The summed E-state index contributed by atoms with van der Waals surface area (Å²) in [5.41, 5.74) is 4.22. The number of alkyl halides is 3. The first kappa shape index (κ1) is 25.6. The highest BCUT2D eigenvalue weighted by Crippen LogP contribution is 2.26. The van der Waals surface area contributed by atoms with Gasteiger partial charge in [-0.25, -0.2) is 4.79 Å². The molecule has 0 spiro atoms. The summed E-state index contributed by atoms with van der Waals surface area (Å²) in [5, 5.41) is 13.7. The fourth-order valence-electron chi connectivity index (χ4n) is 3.95. The number of aliphatic carboxylic acids is 1. The van der Waals surface area contributed by atoms with Gasteiger partial charge in [-0.2, -0.15) is 13.2 Å². The third-order valence-electron chi connectivity index (χ3n) is 5.59. The van der Waals surface area contributed by atoms with Gasteiger partial charge in [0.25, 0.3) is 0 Å². The van der Waals surface area contributed by atoms with E-state index in [4.69, 9.17) is 9.90 Å². The van der Waals surface area contributed by atoms with Gasteiger partial charge in [-0.1, -0.05) is 24.3 Å². The number of hydrogen-bond donors (Lipinski definition) is 3. The van der Waals surface area contributed by atoms with Crippen LogP contribution < -0.4 is 10.6 Å². The number of benzene rings is 1. The monoisotopic (exact) mass is 479 g/mol. The third kappa shape index (κ3) is 7.22. The van der Waals surface area contributed by atoms with Crippen LogP contribution in [0.4, 0.5) is 13.2 Å². The Morgan fingerprint density at radius 2 is 1.88 bits per heavy atom. The van der Waals surface area contributed by atoms with E-state index in [1.54, 1.807) is 0 Å². The van der Waals surface area contributed by atoms with Crippen LogP contribution in [0.1, 0.15) is 44.0 Å². The molecule has 1 aromatic carbocycles. The summed E-state index contributed by atoms with van der Waals surface area (Å²) in [7, 11) is 0. The molecule has 8 nitrogen and oxygen atoms in total. The fourth-order valence-corrected chi connectivity index (χ4v) is 3.95. The molecule has 3 heterocycles. The highest BCUT2D eigenvalue weighted by Gasteiger charge is 2.38. The van der Waals surface area contributed by atoms with Crippen LogP contribution in [0.3, 0.4) is 0 Å². The molecule has 0 radical (unpaired) electrons. The largest absolute Gasteiger partial charge is 0.490 e. The van der Waals surface area contributed by atoms with E-state index in [1.165, 1.54) is 0 Å². The maximum absolute atomic E-state index is 11.4. The van der Waals surface area contributed by atoms with E-state index >= 15 is 0 Å². The van der Waals surface area contributed by atoms with Crippen molar-refractivity contribution in [2.24, 2.45) is 0 Å². The molecule has 1 unspecified atom stereocenters. The molecule has 0 aliphatic carbocycles. The lowest BCUT2D eigenvalue weighted by molar-refractivity contribution is -0.192. The van der Waals surface area contributed by atoms with Crippen LogP contribution in [-0.4, -0.2) is 63.2 Å². The molecule has 1 amide bonds. The lowest BCUT2D eigenvalue weighted by Gasteiger charge is -2.38. The first-order valence-electron chi connectivity index (χ1n) is 10.9. The van der Waals surface area contributed by atoms with Gasteiger partial charge >= 0.3 is 12.1 Å². The van der Waals surface area contributed by atoms with Crippen LogP contribution in [0.25, 0.3) is 11.3 Å². The minimum Gasteiger partial charge on any atom is -0.475 e. The second-order valence-corrected chi connectivity index (χ2v) is 9.00. The van der Waals surface area contributed by atoms with Crippen molar-refractivity contribution in [1.82, 2.24) is 25.5 Å². The predicted octanol–water partition coefficient (Wildman–Crippen LogP) is 2.91. The Hall–Kier alpha value is -3.05. The molecule has 0 saturated carbocycles. The number of carbonyl (C=O) groups is 2. The Bertz CT molecular complexity index is 994. The molecular formula is C23H28F3N5O3. The van der Waals surface area contributed by atoms with Crippen LogP contribution in [0.15, 0.2) is 36.7 Å². The minimum absolute atomic E-state index is 0.137. The number of amides is 1. The highest BCUT2D eigenvalue weighted by molar-refractivity contribution is 5.78. The number of nitrogens with one attached hydrogen (secondary N) is 2. The maximum Gasteiger partial charge on any atom is 0.490 e. The smallest absolute Gasteiger partial charge is 0.475 e. The van der Waals surface area contributed by atoms with E-state index in [9.17, 15) is 18.0 Å². The van der Waals surface area contributed by atoms with Crippen molar-refractivity contribution < 1.29 is 27.9 Å². The molecular weight excluding hydrogens is 451 g/mol. The summed E-state index contributed by atoms with van der Waals surface area (Å²) in [6.07, 6.45) is 0.142. The van der Waals surface area contributed by atoms with Crippen LogP contribution in [0.2, 0.25) is 0 Å². The average Bonchev–Trinajstić information content (AvgIpc) is 3.20. The van der Waals surface area contributed by atoms with Crippen molar-refractivity contribution in [3.8, 4) is 11.3 Å². The summed E-state index contributed by atoms with van der Waals surface area (Å²) >= 11 is 0. The zero-order chi connectivity index (χ0) is 24.9. The first-order chi connectivity index (χ1) is 15.9. The van der Waals surface area contributed by atoms with Gasteiger partial charge < -0.3 is 15.7 Å². The zero-order valence-corrected chi connectivity index (χ0v) is 19.0. The van der Waals surface area contributed by atoms with E-state index in [-0.39, 0.29) is 17.5 Å². The van der Waals surface area contributed by atoms with E-state index in [0.717, 1.165) is 55.1 Å². The summed E-state index contributed by atoms with van der Waals surface area (Å²) in [5.74, 6) is -2.62. The number of piperazine rings is 1. The summed E-state index contributed by atoms with van der Waals surface area (Å²) < 4.78 is 31.7. The molecule has 4 rings (SSSR count). The standard InChI is InChI=1S/C21H27N5O.C2HF3O2/c1-21(2)14-26(10-9-24-21)13-17-11-23-19(12-22-17)16-5-3-15(4-6-16)18-7-8-20(27)25-18;3-2(4,5)1(6)7/h3-6,11-12,18,24H,7-10,13-14H2,1-2H3,(H,25,27);(H,6,7). The summed E-state index contributed by atoms with van der Waals surface area (Å²) in [6, 6.07) is 8.40. The number of carboxylic acid groups (broad SMARTS) is 1. The molecule has 3 N–H and O–H groups in total. The van der Waals surface area contributed by atoms with Crippen molar-refractivity contribution in [2.45, 2.75) is 51.0 Å². The lowest BCUT2D eigenvalue weighted by Crippen LogP contribution is -2.56. The van der Waals surface area contributed by atoms with E-state index < -0.39 is 12.1 Å². The molecule has 1 aromatic heterocycles. The van der Waals surface area contributed by atoms with Gasteiger partial charge in [-0.3, -0.25) is 19.7 Å². The van der Waals surface area contributed by atoms with E-state index in [2.05, 4.69) is 63.6 Å². The predicted molar refractivity (Wildman–Crippen MR) is 119 cm³/mol. The molecule has 2 saturated heterocycles. The number of halogens is 3. The van der Waals surface area contributed by atoms with Gasteiger partial charge in [0.15, 0.2) is 0 Å². The Balaban J connectivity index is 0.000000406. The van der Waals surface area contributed by atoms with Crippen LogP contribution >= 0.6 is 0 Å². The second-order valence-electron chi connectivity index (χ2n) is 9.00. The Labute approximate surface area is 195 Å². The number of hydrogen-bond acceptors (Lipinski definition) is 6. The molecule has 11 heteroatoms. The molecule has 2 aromatic rings. The molecule has 2 aliphatic heterocycles. The van der Waals surface area contributed by atoms with Crippen molar-refractivity contribution >= 4 is 11.9 Å². The number of nitrogens with zero attached hydrogens (tertiary/aromatic N) is 3. The van der Waals surface area contributed by atoms with Gasteiger partial charge in [0, 0.05) is 43.7 Å². The maximum atomic E-state index is 11.4. The third-order valence-corrected chi connectivity index (χ3v) is 5.59. The van der Waals surface area contributed by atoms with Crippen LogP contribution in [0, 0.1) is 0 Å². The number of carbonyl (C=O) groups excluding carboxylic acids is 1. The molecule has 1 atom stereocenters. The zero-order valence-electron chi connectivity index (χ0n) is 19.0. The van der Waals surface area contributed by atoms with E-state index in [0.29, 0.717) is 6.42 Å². The number of rotatable bonds is 4. The Morgan fingerprint density at radius 3 is 2.38 bits per heavy atom. The van der Waals surface area contributed by atoms with Gasteiger partial charge in [-0.15, -0.1) is 0 Å². The number of carboxylic acids is 1. The van der Waals surface area contributed by atoms with Crippen molar-refractivity contribution in [3.05, 3.63) is 47.9 Å². The summed E-state index contributed by atoms with van der Waals surface area (Å²) in [4.78, 5) is 31.9. The van der Waals surface area contributed by atoms with E-state index in [1.807, 2.05) is 12.4 Å². The summed E-state index contributed by atoms with van der Waals surface area (Å²) in [6.45, 7) is 8.34. The molecule has 184 valence electrons. The van der Waals surface area contributed by atoms with Gasteiger partial charge in [-0.05, 0) is 25.8 Å².